The van der Waals surface area contributed by atoms with Gasteiger partial charge in [-0.15, -0.1) is 0 Å². The molecule has 3 N–H and O–H groups in total. The Morgan fingerprint density at radius 3 is 2.23 bits per heavy atom. The van der Waals surface area contributed by atoms with Gasteiger partial charge in [-0.3, -0.25) is 9.09 Å². The van der Waals surface area contributed by atoms with E-state index < -0.39 is 75.7 Å². The second kappa shape index (κ2) is 14.7. The number of phosphoric ester groups is 1. The Bertz CT molecular complexity index is 1280. The highest BCUT2D eigenvalue weighted by Crippen LogP contribution is 2.51. The molecule has 0 aliphatic carbocycles. The van der Waals surface area contributed by atoms with Gasteiger partial charge in [0.25, 0.3) is 0 Å². The molecule has 2 aromatic rings. The third-order valence-corrected chi connectivity index (χ3v) is 7.69. The van der Waals surface area contributed by atoms with Gasteiger partial charge >= 0.3 is 20.1 Å². The van der Waals surface area contributed by atoms with Gasteiger partial charge in [0.2, 0.25) is 25.4 Å². The zero-order chi connectivity index (χ0) is 31.9. The molecule has 0 saturated carbocycles. The number of aromatic nitrogens is 4. The first-order valence-corrected chi connectivity index (χ1v) is 15.0. The number of hydrogen-bond donors (Lipinski definition) is 3. The number of nitrogen functional groups attached to an aromatic ring is 1. The number of imidazole rings is 1. The van der Waals surface area contributed by atoms with Crippen molar-refractivity contribution in [2.75, 3.05) is 32.5 Å². The van der Waals surface area contributed by atoms with Crippen LogP contribution in [0.1, 0.15) is 47.8 Å². The number of nitrogens with two attached hydrogens (primary N) is 1. The molecule has 242 valence electrons. The first-order valence-electron chi connectivity index (χ1n) is 13.1. The van der Waals surface area contributed by atoms with Gasteiger partial charge in [-0.1, -0.05) is 0 Å². The Kier molecular flexibility index (Phi) is 11.8. The van der Waals surface area contributed by atoms with Crippen LogP contribution in [0.5, 0.6) is 5.88 Å². The molecule has 20 heteroatoms. The van der Waals surface area contributed by atoms with Crippen molar-refractivity contribution in [1.82, 2.24) is 19.5 Å². The Morgan fingerprint density at radius 1 is 1.12 bits per heavy atom. The van der Waals surface area contributed by atoms with Gasteiger partial charge in [0.05, 0.1) is 43.1 Å². The summed E-state index contributed by atoms with van der Waals surface area (Å²) in [6.07, 6.45) is -3.95. The molecule has 0 radical (unpaired) electrons. The number of nitrogens with zero attached hydrogens (tertiary/aromatic N) is 4. The molecule has 0 amide bonds. The number of rotatable bonds is 14. The zero-order valence-electron chi connectivity index (χ0n) is 24.4. The smallest absolute Gasteiger partial charge is 0.476 e. The number of anilines is 1. The number of thiol groups is 1. The van der Waals surface area contributed by atoms with Crippen molar-refractivity contribution < 1.29 is 61.3 Å². The minimum Gasteiger partial charge on any atom is -0.476 e. The van der Waals surface area contributed by atoms with Crippen LogP contribution < -0.4 is 10.5 Å². The highest BCUT2D eigenvalue weighted by Gasteiger charge is 2.53. The molecular weight excluding hydrogens is 617 g/mol. The summed E-state index contributed by atoms with van der Waals surface area (Å²) < 4.78 is 60.9. The molecule has 0 bridgehead atoms. The lowest BCUT2D eigenvalue weighted by Crippen LogP contribution is -2.41. The quantitative estimate of drug-likeness (QED) is 0.115. The SMILES string of the molecule is CCOc1nc(N)nc2c1ncn2[C@@H]1OC(COP(=O)(OCOC(=O)OC(C)C)OCOC(=O)OC(C)C)[C@@H](S)[C@@]1(C)O. The summed E-state index contributed by atoms with van der Waals surface area (Å²) in [5.74, 6) is 0.0600. The molecule has 1 unspecified atom stereocenters. The van der Waals surface area contributed by atoms with Gasteiger partial charge in [-0.25, -0.2) is 28.2 Å². The summed E-state index contributed by atoms with van der Waals surface area (Å²) >= 11 is 4.50. The molecule has 3 rings (SSSR count). The molecule has 4 atom stereocenters. The van der Waals surface area contributed by atoms with Crippen molar-refractivity contribution in [3.8, 4) is 5.88 Å². The first-order chi connectivity index (χ1) is 20.2. The van der Waals surface area contributed by atoms with Crippen molar-refractivity contribution in [3.63, 3.8) is 0 Å². The second-order valence-electron chi connectivity index (χ2n) is 9.70. The van der Waals surface area contributed by atoms with Gasteiger partial charge < -0.3 is 39.3 Å². The van der Waals surface area contributed by atoms with E-state index in [2.05, 4.69) is 27.6 Å². The fraction of sp³-hybridized carbons (Fsp3) is 0.696. The number of carbonyl (C=O) groups excluding carboxylic acids is 2. The van der Waals surface area contributed by atoms with E-state index in [9.17, 15) is 19.3 Å². The van der Waals surface area contributed by atoms with Gasteiger partial charge in [0.15, 0.2) is 17.4 Å². The third kappa shape index (κ3) is 9.04. The molecule has 0 aromatic carbocycles. The fourth-order valence-electron chi connectivity index (χ4n) is 3.70. The largest absolute Gasteiger partial charge is 0.510 e. The molecule has 18 nitrogen and oxygen atoms in total. The predicted octanol–water partition coefficient (Wildman–Crippen LogP) is 2.95. The maximum atomic E-state index is 13.3. The lowest BCUT2D eigenvalue weighted by molar-refractivity contribution is -0.0882. The van der Waals surface area contributed by atoms with E-state index >= 15 is 0 Å². The standard InChI is InChI=1S/C23H36N5O13PS/c1-7-33-18-15-17(26-20(24)27-18)28(9-25-15)19-23(6,31)16(43)14(41-19)8-36-42(32,37-10-34-21(29)39-12(2)3)38-11-35-22(30)40-13(4)5/h9,12-14,16,19,31,43H,7-8,10-11H2,1-6H3,(H2,24,26,27)/t14?,16-,19-,23-/m1/s1. The van der Waals surface area contributed by atoms with Crippen LogP contribution >= 0.6 is 20.5 Å². The Balaban J connectivity index is 1.74. The predicted molar refractivity (Wildman–Crippen MR) is 149 cm³/mol. The normalized spacial score (nSPS) is 22.2. The van der Waals surface area contributed by atoms with E-state index in [4.69, 9.17) is 47.7 Å². The minimum atomic E-state index is -4.59. The maximum absolute atomic E-state index is 13.3. The average molecular weight is 654 g/mol. The van der Waals surface area contributed by atoms with Crippen LogP contribution in [0.25, 0.3) is 11.2 Å². The molecule has 43 heavy (non-hydrogen) atoms. The monoisotopic (exact) mass is 653 g/mol. The van der Waals surface area contributed by atoms with Crippen LogP contribution in [0.15, 0.2) is 6.33 Å². The summed E-state index contributed by atoms with van der Waals surface area (Å²) in [4.78, 5) is 35.9. The Labute approximate surface area is 252 Å². The van der Waals surface area contributed by atoms with Gasteiger partial charge in [-0.2, -0.15) is 22.6 Å². The number of hydrogen-bond acceptors (Lipinski definition) is 18. The van der Waals surface area contributed by atoms with Crippen molar-refractivity contribution >= 4 is 49.9 Å². The topological polar surface area (TPSA) is 224 Å². The molecule has 2 aromatic heterocycles. The van der Waals surface area contributed by atoms with Crippen LogP contribution in [-0.4, -0.2) is 92.9 Å². The van der Waals surface area contributed by atoms with E-state index in [1.807, 2.05) is 0 Å². The number of carbonyl (C=O) groups is 2. The lowest BCUT2D eigenvalue weighted by atomic mass is 9.99. The molecular formula is C23H36N5O13PS. The molecule has 1 aliphatic heterocycles. The van der Waals surface area contributed by atoms with Crippen molar-refractivity contribution in [2.24, 2.45) is 0 Å². The van der Waals surface area contributed by atoms with Crippen LogP contribution in [0.3, 0.4) is 0 Å². The van der Waals surface area contributed by atoms with E-state index in [1.165, 1.54) is 17.8 Å². The molecule has 1 fully saturated rings. The Morgan fingerprint density at radius 2 is 1.70 bits per heavy atom. The van der Waals surface area contributed by atoms with Gasteiger partial charge in [0.1, 0.15) is 5.60 Å². The van der Waals surface area contributed by atoms with Gasteiger partial charge in [0, 0.05) is 0 Å². The number of ether oxygens (including phenoxy) is 6. The highest BCUT2D eigenvalue weighted by molar-refractivity contribution is 7.81. The summed E-state index contributed by atoms with van der Waals surface area (Å²) in [6, 6.07) is 0. The minimum absolute atomic E-state index is 0.0909. The third-order valence-electron chi connectivity index (χ3n) is 5.53. The second-order valence-corrected chi connectivity index (χ2v) is 11.9. The lowest BCUT2D eigenvalue weighted by Gasteiger charge is -2.27. The van der Waals surface area contributed by atoms with Crippen LogP contribution in [0.4, 0.5) is 15.5 Å². The molecule has 0 spiro atoms. The fourth-order valence-corrected chi connectivity index (χ4v) is 4.90. The van der Waals surface area contributed by atoms with E-state index in [0.29, 0.717) is 6.61 Å². The zero-order valence-corrected chi connectivity index (χ0v) is 26.2. The molecule has 1 aliphatic rings. The van der Waals surface area contributed by atoms with Crippen molar-refractivity contribution in [2.45, 2.75) is 76.9 Å². The number of fused-ring (bicyclic) bond motifs is 1. The van der Waals surface area contributed by atoms with E-state index in [-0.39, 0.29) is 23.0 Å². The van der Waals surface area contributed by atoms with Crippen molar-refractivity contribution in [3.05, 3.63) is 6.33 Å². The van der Waals surface area contributed by atoms with Crippen LogP contribution in [0, 0.1) is 0 Å². The summed E-state index contributed by atoms with van der Waals surface area (Å²) in [5.41, 5.74) is 4.69. The molecule has 3 heterocycles. The number of aliphatic hydroxyl groups is 1. The van der Waals surface area contributed by atoms with E-state index in [1.54, 1.807) is 34.6 Å². The van der Waals surface area contributed by atoms with E-state index in [0.717, 1.165) is 0 Å². The molecule has 1 saturated heterocycles. The van der Waals surface area contributed by atoms with Gasteiger partial charge in [-0.05, 0) is 41.5 Å². The summed E-state index contributed by atoms with van der Waals surface area (Å²) in [6.45, 7) is 7.58. The first kappa shape index (κ1) is 34.6. The van der Waals surface area contributed by atoms with Crippen molar-refractivity contribution in [1.29, 1.82) is 0 Å². The highest BCUT2D eigenvalue weighted by atomic mass is 32.1. The summed E-state index contributed by atoms with van der Waals surface area (Å²) in [7, 11) is -4.59. The maximum Gasteiger partial charge on any atom is 0.510 e. The number of phosphoric acid groups is 1. The summed E-state index contributed by atoms with van der Waals surface area (Å²) in [5, 5.41) is 10.4. The average Bonchev–Trinajstić information content (AvgIpc) is 3.40. The van der Waals surface area contributed by atoms with Crippen LogP contribution in [-0.2, 0) is 41.8 Å². The Hall–Kier alpha value is -2.93. The van der Waals surface area contributed by atoms with Crippen LogP contribution in [0.2, 0.25) is 0 Å².